The lowest BCUT2D eigenvalue weighted by Crippen LogP contribution is -2.51. The maximum absolute atomic E-state index is 12.6. The molecule has 1 saturated heterocycles. The molecular formula is C22H35N3O. The van der Waals surface area contributed by atoms with E-state index in [2.05, 4.69) is 62.8 Å². The minimum atomic E-state index is 0.0235. The molecule has 1 atom stereocenters. The zero-order chi connectivity index (χ0) is 19.3. The molecule has 2 rings (SSSR count). The third kappa shape index (κ3) is 5.18. The van der Waals surface area contributed by atoms with Crippen molar-refractivity contribution in [2.75, 3.05) is 39.8 Å². The summed E-state index contributed by atoms with van der Waals surface area (Å²) in [5, 5.41) is 3.09. The van der Waals surface area contributed by atoms with Crippen molar-refractivity contribution < 1.29 is 4.79 Å². The number of nitrogens with one attached hydrogen (secondary N) is 1. The summed E-state index contributed by atoms with van der Waals surface area (Å²) in [6.45, 7) is 15.7. The molecule has 0 radical (unpaired) electrons. The predicted molar refractivity (Wildman–Crippen MR) is 111 cm³/mol. The summed E-state index contributed by atoms with van der Waals surface area (Å²) >= 11 is 0. The standard InChI is InChI=1S/C22H35N3O/c1-7-16(2)19(5)21-14-20(9-8-17(21)3)22(26)23-10-11-25-13-12-24(6)18(4)15-25/h8-9,14,18H,7,10-13,15H2,1-6H3,(H,23,26)/b19-16-. The summed E-state index contributed by atoms with van der Waals surface area (Å²) < 4.78 is 0. The molecule has 0 aliphatic carbocycles. The van der Waals surface area contributed by atoms with Crippen molar-refractivity contribution in [1.82, 2.24) is 15.1 Å². The highest BCUT2D eigenvalue weighted by Gasteiger charge is 2.20. The lowest BCUT2D eigenvalue weighted by molar-refractivity contribution is 0.0911. The van der Waals surface area contributed by atoms with Crippen LogP contribution in [0.1, 0.15) is 55.6 Å². The maximum Gasteiger partial charge on any atom is 0.251 e. The molecule has 0 bridgehead atoms. The molecule has 1 heterocycles. The molecule has 4 nitrogen and oxygen atoms in total. The van der Waals surface area contributed by atoms with E-state index >= 15 is 0 Å². The first-order chi connectivity index (χ1) is 12.3. The Morgan fingerprint density at radius 3 is 2.65 bits per heavy atom. The predicted octanol–water partition coefficient (Wildman–Crippen LogP) is 3.56. The number of allylic oxidation sites excluding steroid dienone is 2. The molecule has 1 aromatic rings. The van der Waals surface area contributed by atoms with Gasteiger partial charge in [-0.25, -0.2) is 0 Å². The molecule has 0 saturated carbocycles. The Hall–Kier alpha value is -1.65. The summed E-state index contributed by atoms with van der Waals surface area (Å²) in [6, 6.07) is 6.60. The van der Waals surface area contributed by atoms with Gasteiger partial charge in [-0.05, 0) is 70.0 Å². The van der Waals surface area contributed by atoms with Crippen molar-refractivity contribution in [2.24, 2.45) is 0 Å². The average molecular weight is 358 g/mol. The number of benzene rings is 1. The minimum Gasteiger partial charge on any atom is -0.351 e. The molecule has 1 unspecified atom stereocenters. The highest BCUT2D eigenvalue weighted by Crippen LogP contribution is 2.24. The van der Waals surface area contributed by atoms with Crippen molar-refractivity contribution in [3.05, 3.63) is 40.5 Å². The topological polar surface area (TPSA) is 35.6 Å². The second kappa shape index (κ2) is 9.33. The van der Waals surface area contributed by atoms with Crippen LogP contribution in [0, 0.1) is 6.92 Å². The van der Waals surface area contributed by atoms with E-state index in [0.29, 0.717) is 12.6 Å². The Morgan fingerprint density at radius 1 is 1.27 bits per heavy atom. The van der Waals surface area contributed by atoms with E-state index in [1.54, 1.807) is 0 Å². The number of piperazine rings is 1. The zero-order valence-electron chi connectivity index (χ0n) is 17.4. The van der Waals surface area contributed by atoms with E-state index in [4.69, 9.17) is 0 Å². The molecule has 1 N–H and O–H groups in total. The number of aryl methyl sites for hydroxylation is 1. The first kappa shape index (κ1) is 20.7. The zero-order valence-corrected chi connectivity index (χ0v) is 17.4. The van der Waals surface area contributed by atoms with Crippen LogP contribution >= 0.6 is 0 Å². The van der Waals surface area contributed by atoms with Gasteiger partial charge in [0.2, 0.25) is 0 Å². The van der Waals surface area contributed by atoms with E-state index in [1.807, 2.05) is 12.1 Å². The van der Waals surface area contributed by atoms with Gasteiger partial charge in [-0.2, -0.15) is 0 Å². The number of nitrogens with zero attached hydrogens (tertiary/aromatic N) is 2. The van der Waals surface area contributed by atoms with Crippen LogP contribution in [0.25, 0.3) is 5.57 Å². The van der Waals surface area contributed by atoms with E-state index in [0.717, 1.165) is 38.2 Å². The van der Waals surface area contributed by atoms with Crippen molar-refractivity contribution in [3.8, 4) is 0 Å². The lowest BCUT2D eigenvalue weighted by atomic mass is 9.95. The Bertz CT molecular complexity index is 665. The summed E-state index contributed by atoms with van der Waals surface area (Å²) in [6.07, 6.45) is 1.03. The monoisotopic (exact) mass is 357 g/mol. The van der Waals surface area contributed by atoms with Crippen LogP contribution in [-0.4, -0.2) is 61.5 Å². The van der Waals surface area contributed by atoms with Gasteiger partial charge in [0.1, 0.15) is 0 Å². The van der Waals surface area contributed by atoms with Crippen LogP contribution < -0.4 is 5.32 Å². The van der Waals surface area contributed by atoms with E-state index < -0.39 is 0 Å². The van der Waals surface area contributed by atoms with E-state index in [1.165, 1.54) is 22.3 Å². The van der Waals surface area contributed by atoms with E-state index in [9.17, 15) is 4.79 Å². The number of carbonyl (C=O) groups excluding carboxylic acids is 1. The van der Waals surface area contributed by atoms with Gasteiger partial charge in [0.05, 0.1) is 0 Å². The fourth-order valence-electron chi connectivity index (χ4n) is 3.42. The maximum atomic E-state index is 12.6. The van der Waals surface area contributed by atoms with Crippen LogP contribution in [0.15, 0.2) is 23.8 Å². The fraction of sp³-hybridized carbons (Fsp3) is 0.591. The van der Waals surface area contributed by atoms with Crippen molar-refractivity contribution >= 4 is 11.5 Å². The Balaban J connectivity index is 1.96. The van der Waals surface area contributed by atoms with Crippen molar-refractivity contribution in [1.29, 1.82) is 0 Å². The average Bonchev–Trinajstić information content (AvgIpc) is 2.63. The third-order valence-corrected chi connectivity index (χ3v) is 5.83. The molecule has 1 fully saturated rings. The number of hydrogen-bond acceptors (Lipinski definition) is 3. The van der Waals surface area contributed by atoms with Gasteiger partial charge in [0.15, 0.2) is 0 Å². The minimum absolute atomic E-state index is 0.0235. The van der Waals surface area contributed by atoms with Crippen LogP contribution in [0.4, 0.5) is 0 Å². The number of amides is 1. The van der Waals surface area contributed by atoms with Crippen LogP contribution in [0.2, 0.25) is 0 Å². The normalized spacial score (nSPS) is 20.0. The number of likely N-dealkylation sites (N-methyl/N-ethyl adjacent to an activating group) is 1. The Labute approximate surface area is 159 Å². The molecular weight excluding hydrogens is 322 g/mol. The molecule has 0 spiro atoms. The molecule has 1 amide bonds. The molecule has 4 heteroatoms. The van der Waals surface area contributed by atoms with Gasteiger partial charge in [0.25, 0.3) is 5.91 Å². The van der Waals surface area contributed by atoms with Gasteiger partial charge in [-0.1, -0.05) is 18.6 Å². The molecule has 1 aliphatic heterocycles. The fourth-order valence-corrected chi connectivity index (χ4v) is 3.42. The Kier molecular flexibility index (Phi) is 7.42. The summed E-state index contributed by atoms with van der Waals surface area (Å²) in [5.41, 5.74) is 5.81. The molecule has 1 aromatic carbocycles. The first-order valence-electron chi connectivity index (χ1n) is 9.81. The van der Waals surface area contributed by atoms with Gasteiger partial charge in [-0.15, -0.1) is 0 Å². The molecule has 26 heavy (non-hydrogen) atoms. The number of hydrogen-bond donors (Lipinski definition) is 1. The smallest absolute Gasteiger partial charge is 0.251 e. The highest BCUT2D eigenvalue weighted by molar-refractivity contribution is 5.95. The number of rotatable bonds is 6. The van der Waals surface area contributed by atoms with Gasteiger partial charge < -0.3 is 10.2 Å². The third-order valence-electron chi connectivity index (χ3n) is 5.83. The van der Waals surface area contributed by atoms with Crippen molar-refractivity contribution in [2.45, 2.75) is 47.1 Å². The van der Waals surface area contributed by atoms with Crippen molar-refractivity contribution in [3.63, 3.8) is 0 Å². The summed E-state index contributed by atoms with van der Waals surface area (Å²) in [5.74, 6) is 0.0235. The second-order valence-corrected chi connectivity index (χ2v) is 7.67. The number of carbonyl (C=O) groups is 1. The Morgan fingerprint density at radius 2 is 2.00 bits per heavy atom. The van der Waals surface area contributed by atoms with Gasteiger partial charge in [-0.3, -0.25) is 9.69 Å². The largest absolute Gasteiger partial charge is 0.351 e. The van der Waals surface area contributed by atoms with Gasteiger partial charge >= 0.3 is 0 Å². The van der Waals surface area contributed by atoms with E-state index in [-0.39, 0.29) is 5.91 Å². The highest BCUT2D eigenvalue weighted by atomic mass is 16.1. The van der Waals surface area contributed by atoms with Crippen LogP contribution in [0.3, 0.4) is 0 Å². The summed E-state index contributed by atoms with van der Waals surface area (Å²) in [4.78, 5) is 17.4. The molecule has 0 aromatic heterocycles. The van der Waals surface area contributed by atoms with Crippen LogP contribution in [0.5, 0.6) is 0 Å². The quantitative estimate of drug-likeness (QED) is 0.845. The second-order valence-electron chi connectivity index (χ2n) is 7.67. The molecule has 1 aliphatic rings. The lowest BCUT2D eigenvalue weighted by Gasteiger charge is -2.37. The summed E-state index contributed by atoms with van der Waals surface area (Å²) in [7, 11) is 2.18. The van der Waals surface area contributed by atoms with Crippen LogP contribution in [-0.2, 0) is 0 Å². The molecule has 144 valence electrons. The first-order valence-corrected chi connectivity index (χ1v) is 9.81. The SMILES string of the molecule is CC/C(C)=C(/C)c1cc(C(=O)NCCN2CCN(C)C(C)C2)ccc1C. The van der Waals surface area contributed by atoms with Gasteiger partial charge in [0, 0.05) is 44.3 Å².